The zero-order valence-electron chi connectivity index (χ0n) is 24.1. The Labute approximate surface area is 243 Å². The van der Waals surface area contributed by atoms with Gasteiger partial charge in [0.1, 0.15) is 6.04 Å². The molecule has 1 aliphatic heterocycles. The largest absolute Gasteiger partial charge is 0.465 e. The van der Waals surface area contributed by atoms with Gasteiger partial charge in [0.2, 0.25) is 11.8 Å². The normalized spacial score (nSPS) is 20.1. The van der Waals surface area contributed by atoms with E-state index in [2.05, 4.69) is 30.5 Å². The van der Waals surface area contributed by atoms with Crippen molar-refractivity contribution >= 4 is 25.9 Å². The van der Waals surface area contributed by atoms with Crippen LogP contribution in [0.15, 0.2) is 72.8 Å². The van der Waals surface area contributed by atoms with Gasteiger partial charge in [-0.1, -0.05) is 73.8 Å². The molecular weight excluding hydrogens is 530 g/mol. The number of fused-ring (bicyclic) bond motifs is 1. The number of aryl methyl sites for hydroxylation is 1. The van der Waals surface area contributed by atoms with E-state index >= 15 is 0 Å². The number of carbonyl (C=O) groups is 3. The summed E-state index contributed by atoms with van der Waals surface area (Å²) < 4.78 is 4.77. The average Bonchev–Trinajstić information content (AvgIpc) is 3.32. The lowest BCUT2D eigenvalue weighted by Gasteiger charge is -2.31. The molecule has 0 aromatic heterocycles. The summed E-state index contributed by atoms with van der Waals surface area (Å²) in [6.45, 7) is 4.47. The number of esters is 1. The third-order valence-corrected chi connectivity index (χ3v) is 11.0. The van der Waals surface area contributed by atoms with Crippen LogP contribution in [-0.4, -0.2) is 56.1 Å². The van der Waals surface area contributed by atoms with Crippen LogP contribution in [0.4, 0.5) is 0 Å². The van der Waals surface area contributed by atoms with Crippen LogP contribution in [0.5, 0.6) is 0 Å². The Bertz CT molecular complexity index is 1420. The van der Waals surface area contributed by atoms with E-state index < -0.39 is 20.2 Å². The summed E-state index contributed by atoms with van der Waals surface area (Å²) in [6, 6.07) is 23.0. The zero-order chi connectivity index (χ0) is 29.1. The van der Waals surface area contributed by atoms with Crippen molar-refractivity contribution in [1.29, 1.82) is 0 Å². The number of hydrogen-bond donors (Lipinski definition) is 2. The van der Waals surface area contributed by atoms with Gasteiger partial charge >= 0.3 is 5.97 Å². The molecule has 0 saturated carbocycles. The molecule has 0 bridgehead atoms. The quantitative estimate of drug-likeness (QED) is 0.318. The topological polar surface area (TPSA) is 102 Å². The summed E-state index contributed by atoms with van der Waals surface area (Å²) in [5.41, 5.74) is 12.4. The molecule has 1 heterocycles. The van der Waals surface area contributed by atoms with E-state index in [-0.39, 0.29) is 23.8 Å². The fourth-order valence-corrected chi connectivity index (χ4v) is 9.09. The maximum Gasteiger partial charge on any atom is 0.337 e. The summed E-state index contributed by atoms with van der Waals surface area (Å²) in [6.07, 6.45) is 4.02. The van der Waals surface area contributed by atoms with E-state index in [1.807, 2.05) is 48.5 Å². The number of benzene rings is 3. The highest BCUT2D eigenvalue weighted by molar-refractivity contribution is 6.79. The molecule has 7 nitrogen and oxygen atoms in total. The lowest BCUT2D eigenvalue weighted by molar-refractivity contribution is -0.139. The number of nitrogens with two attached hydrogens (primary N) is 1. The maximum atomic E-state index is 13.6. The van der Waals surface area contributed by atoms with Crippen LogP contribution in [0.1, 0.15) is 45.9 Å². The molecule has 3 N–H and O–H groups in total. The van der Waals surface area contributed by atoms with Gasteiger partial charge in [-0.05, 0) is 71.7 Å². The van der Waals surface area contributed by atoms with Crippen LogP contribution >= 0.6 is 0 Å². The Morgan fingerprint density at radius 3 is 2.34 bits per heavy atom. The summed E-state index contributed by atoms with van der Waals surface area (Å²) in [4.78, 5) is 40.7. The fraction of sp³-hybridized carbons (Fsp3) is 0.364. The molecule has 0 radical (unpaired) electrons. The van der Waals surface area contributed by atoms with Crippen molar-refractivity contribution in [3.05, 3.63) is 95.1 Å². The van der Waals surface area contributed by atoms with Gasteiger partial charge in [0.15, 0.2) is 0 Å². The molecule has 1 saturated heterocycles. The van der Waals surface area contributed by atoms with Gasteiger partial charge in [-0.25, -0.2) is 4.79 Å². The van der Waals surface area contributed by atoms with Crippen LogP contribution in [0.3, 0.4) is 0 Å². The highest BCUT2D eigenvalue weighted by Gasteiger charge is 2.46. The SMILES string of the molecule is COC(=O)c1ccc(-c2ccc(CC(N)C(=O)N3C[Si](C)(C)CC3C(=O)N[C@@H]3CCCc4ccccc43)cc2)cc1. The van der Waals surface area contributed by atoms with Crippen molar-refractivity contribution in [3.63, 3.8) is 0 Å². The first-order valence-electron chi connectivity index (χ1n) is 14.4. The molecule has 214 valence electrons. The fourth-order valence-electron chi connectivity index (χ4n) is 6.21. The second kappa shape index (κ2) is 12.0. The molecule has 2 unspecified atom stereocenters. The third-order valence-electron chi connectivity index (χ3n) is 8.36. The summed E-state index contributed by atoms with van der Waals surface area (Å²) in [5, 5.41) is 3.29. The molecule has 5 rings (SSSR count). The lowest BCUT2D eigenvalue weighted by atomic mass is 9.87. The molecule has 3 atom stereocenters. The Hall–Kier alpha value is -3.75. The van der Waals surface area contributed by atoms with Crippen molar-refractivity contribution in [1.82, 2.24) is 10.2 Å². The monoisotopic (exact) mass is 569 g/mol. The van der Waals surface area contributed by atoms with Gasteiger partial charge in [-0.3, -0.25) is 9.59 Å². The van der Waals surface area contributed by atoms with E-state index in [1.54, 1.807) is 17.0 Å². The molecule has 2 aliphatic rings. The lowest BCUT2D eigenvalue weighted by Crippen LogP contribution is -2.52. The predicted octanol–water partition coefficient (Wildman–Crippen LogP) is 4.66. The van der Waals surface area contributed by atoms with Crippen LogP contribution in [-0.2, 0) is 27.2 Å². The smallest absolute Gasteiger partial charge is 0.337 e. The molecule has 3 aromatic carbocycles. The van der Waals surface area contributed by atoms with Gasteiger partial charge in [-0.2, -0.15) is 0 Å². The number of ether oxygens (including phenoxy) is 1. The standard InChI is InChI=1S/C33H39N3O4Si/c1-40-33(39)26-17-15-24(16-18-26)23-13-11-22(12-14-23)19-28(34)32(38)36-21-41(2,3)20-30(36)31(37)35-29-10-6-8-25-7-4-5-9-27(25)29/h4-5,7,9,11-18,28-30H,6,8,10,19-21,34H2,1-3H3,(H,35,37)/t28?,29-,30?/m1/s1. The number of nitrogens with zero attached hydrogens (tertiary/aromatic N) is 1. The van der Waals surface area contributed by atoms with Gasteiger partial charge in [0, 0.05) is 6.17 Å². The molecule has 2 amide bonds. The molecule has 41 heavy (non-hydrogen) atoms. The van der Waals surface area contributed by atoms with Gasteiger partial charge < -0.3 is 20.7 Å². The summed E-state index contributed by atoms with van der Waals surface area (Å²) >= 11 is 0. The Morgan fingerprint density at radius 2 is 1.66 bits per heavy atom. The van der Waals surface area contributed by atoms with E-state index in [4.69, 9.17) is 10.5 Å². The van der Waals surface area contributed by atoms with E-state index in [0.717, 1.165) is 42.0 Å². The molecule has 1 fully saturated rings. The van der Waals surface area contributed by atoms with Crippen molar-refractivity contribution in [2.24, 2.45) is 5.73 Å². The van der Waals surface area contributed by atoms with Crippen molar-refractivity contribution < 1.29 is 19.1 Å². The first-order valence-corrected chi connectivity index (χ1v) is 17.8. The average molecular weight is 570 g/mol. The number of hydrogen-bond acceptors (Lipinski definition) is 5. The number of nitrogens with one attached hydrogen (secondary N) is 1. The molecular formula is C33H39N3O4Si. The predicted molar refractivity (Wildman–Crippen MR) is 163 cm³/mol. The minimum atomic E-state index is -1.77. The van der Waals surface area contributed by atoms with Crippen LogP contribution in [0.2, 0.25) is 19.1 Å². The van der Waals surface area contributed by atoms with Gasteiger partial charge in [0.25, 0.3) is 0 Å². The molecule has 8 heteroatoms. The number of rotatable bonds is 7. The minimum Gasteiger partial charge on any atom is -0.465 e. The number of amides is 2. The van der Waals surface area contributed by atoms with Crippen LogP contribution in [0, 0.1) is 0 Å². The van der Waals surface area contributed by atoms with Crippen LogP contribution < -0.4 is 11.1 Å². The highest BCUT2D eigenvalue weighted by atomic mass is 28.3. The first kappa shape index (κ1) is 28.8. The van der Waals surface area contributed by atoms with Crippen molar-refractivity contribution in [3.8, 4) is 11.1 Å². The second-order valence-corrected chi connectivity index (χ2v) is 17.1. The van der Waals surface area contributed by atoms with Gasteiger partial charge in [0.05, 0.1) is 32.8 Å². The number of carbonyl (C=O) groups excluding carboxylic acids is 3. The Kier molecular flexibility index (Phi) is 8.42. The molecule has 1 aliphatic carbocycles. The van der Waals surface area contributed by atoms with Crippen LogP contribution in [0.25, 0.3) is 11.1 Å². The third kappa shape index (κ3) is 6.44. The summed E-state index contributed by atoms with van der Waals surface area (Å²) in [5.74, 6) is -0.587. The van der Waals surface area contributed by atoms with Crippen molar-refractivity contribution in [2.75, 3.05) is 13.3 Å². The summed E-state index contributed by atoms with van der Waals surface area (Å²) in [7, 11) is -0.402. The van der Waals surface area contributed by atoms with E-state index in [9.17, 15) is 14.4 Å². The van der Waals surface area contributed by atoms with Gasteiger partial charge in [-0.15, -0.1) is 0 Å². The number of methoxy groups -OCH3 is 1. The van der Waals surface area contributed by atoms with Crippen molar-refractivity contribution in [2.45, 2.75) is 62.9 Å². The van der Waals surface area contributed by atoms with E-state index in [0.29, 0.717) is 18.2 Å². The minimum absolute atomic E-state index is 0.0151. The highest BCUT2D eigenvalue weighted by Crippen LogP contribution is 2.32. The Morgan fingerprint density at radius 1 is 1.00 bits per heavy atom. The molecule has 3 aromatic rings. The first-order chi connectivity index (χ1) is 19.6. The molecule has 0 spiro atoms. The Balaban J connectivity index is 1.24. The van der Waals surface area contributed by atoms with E-state index in [1.165, 1.54) is 18.2 Å². The second-order valence-electron chi connectivity index (χ2n) is 12.1. The zero-order valence-corrected chi connectivity index (χ0v) is 25.1. The maximum absolute atomic E-state index is 13.6.